The molecule has 0 aliphatic rings. The minimum absolute atomic E-state index is 0.607. The Kier molecular flexibility index (Phi) is 5.14. The van der Waals surface area contributed by atoms with E-state index in [-0.39, 0.29) is 0 Å². The molecule has 0 aliphatic carbocycles. The fourth-order valence-electron chi connectivity index (χ4n) is 1.64. The highest BCUT2D eigenvalue weighted by atomic mass is 35.5. The Morgan fingerprint density at radius 3 is 2.88 bits per heavy atom. The van der Waals surface area contributed by atoms with Crippen LogP contribution in [-0.4, -0.2) is 6.54 Å². The Bertz CT molecular complexity index is 382. The third-order valence-electron chi connectivity index (χ3n) is 2.52. The van der Waals surface area contributed by atoms with Gasteiger partial charge in [-0.05, 0) is 30.5 Å². The van der Waals surface area contributed by atoms with Gasteiger partial charge in [-0.15, -0.1) is 0 Å². The van der Waals surface area contributed by atoms with Gasteiger partial charge < -0.3 is 5.32 Å². The van der Waals surface area contributed by atoms with E-state index in [2.05, 4.69) is 25.2 Å². The van der Waals surface area contributed by atoms with Crippen molar-refractivity contribution in [3.05, 3.63) is 28.8 Å². The fourth-order valence-corrected chi connectivity index (χ4v) is 1.81. The quantitative estimate of drug-likeness (QED) is 0.837. The van der Waals surface area contributed by atoms with Gasteiger partial charge in [0.25, 0.3) is 0 Å². The maximum Gasteiger partial charge on any atom is 0.101 e. The van der Waals surface area contributed by atoms with Crippen LogP contribution in [0, 0.1) is 17.2 Å². The summed E-state index contributed by atoms with van der Waals surface area (Å²) in [4.78, 5) is 0. The van der Waals surface area contributed by atoms with Gasteiger partial charge in [0.1, 0.15) is 6.07 Å². The number of hydrogen-bond donors (Lipinski definition) is 1. The van der Waals surface area contributed by atoms with Crippen molar-refractivity contribution >= 4 is 17.3 Å². The SMILES string of the molecule is CCCC(C)CNc1cc(Cl)ccc1C#N. The molecule has 0 aliphatic heterocycles. The molecule has 0 spiro atoms. The molecule has 3 heteroatoms. The Hall–Kier alpha value is -1.20. The smallest absolute Gasteiger partial charge is 0.101 e. The maximum absolute atomic E-state index is 8.94. The molecule has 1 atom stereocenters. The molecule has 0 saturated carbocycles. The van der Waals surface area contributed by atoms with E-state index in [4.69, 9.17) is 16.9 Å². The van der Waals surface area contributed by atoms with E-state index < -0.39 is 0 Å². The number of nitrogens with one attached hydrogen (secondary N) is 1. The predicted molar refractivity (Wildman–Crippen MR) is 68.7 cm³/mol. The molecule has 0 aromatic heterocycles. The van der Waals surface area contributed by atoms with Crippen molar-refractivity contribution < 1.29 is 0 Å². The van der Waals surface area contributed by atoms with Crippen LogP contribution in [0.3, 0.4) is 0 Å². The number of hydrogen-bond acceptors (Lipinski definition) is 2. The molecule has 1 aromatic rings. The van der Waals surface area contributed by atoms with Gasteiger partial charge >= 0.3 is 0 Å². The molecule has 1 rings (SSSR count). The molecule has 0 radical (unpaired) electrons. The molecule has 86 valence electrons. The fraction of sp³-hybridized carbons (Fsp3) is 0.462. The molecule has 2 nitrogen and oxygen atoms in total. The van der Waals surface area contributed by atoms with Crippen molar-refractivity contribution in [2.24, 2.45) is 5.92 Å². The predicted octanol–water partition coefficient (Wildman–Crippen LogP) is 4.06. The first-order valence-electron chi connectivity index (χ1n) is 5.61. The number of halogens is 1. The minimum atomic E-state index is 0.607. The second-order valence-corrected chi connectivity index (χ2v) is 4.51. The van der Waals surface area contributed by atoms with E-state index in [0.717, 1.165) is 12.2 Å². The van der Waals surface area contributed by atoms with Gasteiger partial charge in [0.05, 0.1) is 11.3 Å². The molecular formula is C13H17ClN2. The molecule has 1 unspecified atom stereocenters. The Labute approximate surface area is 102 Å². The Balaban J connectivity index is 2.66. The number of anilines is 1. The first-order valence-corrected chi connectivity index (χ1v) is 5.98. The summed E-state index contributed by atoms with van der Waals surface area (Å²) in [6, 6.07) is 7.44. The third kappa shape index (κ3) is 3.75. The summed E-state index contributed by atoms with van der Waals surface area (Å²) in [7, 11) is 0. The van der Waals surface area contributed by atoms with Crippen LogP contribution < -0.4 is 5.32 Å². The Morgan fingerprint density at radius 1 is 1.50 bits per heavy atom. The van der Waals surface area contributed by atoms with Gasteiger partial charge in [-0.25, -0.2) is 0 Å². The third-order valence-corrected chi connectivity index (χ3v) is 2.76. The first-order chi connectivity index (χ1) is 7.67. The van der Waals surface area contributed by atoms with E-state index in [0.29, 0.717) is 16.5 Å². The zero-order chi connectivity index (χ0) is 12.0. The zero-order valence-electron chi connectivity index (χ0n) is 9.76. The molecule has 0 saturated heterocycles. The number of benzene rings is 1. The molecule has 0 bridgehead atoms. The van der Waals surface area contributed by atoms with Crippen LogP contribution in [-0.2, 0) is 0 Å². The van der Waals surface area contributed by atoms with Crippen LogP contribution in [0.15, 0.2) is 18.2 Å². The number of nitrogens with zero attached hydrogens (tertiary/aromatic N) is 1. The van der Waals surface area contributed by atoms with Crippen molar-refractivity contribution in [3.63, 3.8) is 0 Å². The van der Waals surface area contributed by atoms with Crippen molar-refractivity contribution in [1.29, 1.82) is 5.26 Å². The molecule has 0 fully saturated rings. The average molecular weight is 237 g/mol. The lowest BCUT2D eigenvalue weighted by atomic mass is 10.1. The second kappa shape index (κ2) is 6.40. The molecule has 16 heavy (non-hydrogen) atoms. The molecule has 0 heterocycles. The minimum Gasteiger partial charge on any atom is -0.384 e. The monoisotopic (exact) mass is 236 g/mol. The van der Waals surface area contributed by atoms with Gasteiger partial charge in [-0.1, -0.05) is 31.9 Å². The lowest BCUT2D eigenvalue weighted by Gasteiger charge is -2.13. The summed E-state index contributed by atoms with van der Waals surface area (Å²) in [5.41, 5.74) is 1.48. The summed E-state index contributed by atoms with van der Waals surface area (Å²) in [6.45, 7) is 5.26. The van der Waals surface area contributed by atoms with Crippen LogP contribution in [0.4, 0.5) is 5.69 Å². The first kappa shape index (κ1) is 12.9. The lowest BCUT2D eigenvalue weighted by molar-refractivity contribution is 0.551. The van der Waals surface area contributed by atoms with Crippen LogP contribution in [0.2, 0.25) is 5.02 Å². The topological polar surface area (TPSA) is 35.8 Å². The van der Waals surface area contributed by atoms with Crippen LogP contribution in [0.25, 0.3) is 0 Å². The largest absolute Gasteiger partial charge is 0.384 e. The summed E-state index contributed by atoms with van der Waals surface area (Å²) < 4.78 is 0. The van der Waals surface area contributed by atoms with Gasteiger partial charge in [0.2, 0.25) is 0 Å². The maximum atomic E-state index is 8.94. The molecule has 1 N–H and O–H groups in total. The van der Waals surface area contributed by atoms with Crippen LogP contribution >= 0.6 is 11.6 Å². The van der Waals surface area contributed by atoms with E-state index in [9.17, 15) is 0 Å². The van der Waals surface area contributed by atoms with Crippen molar-refractivity contribution in [2.45, 2.75) is 26.7 Å². The van der Waals surface area contributed by atoms with Gasteiger partial charge in [-0.3, -0.25) is 0 Å². The van der Waals surface area contributed by atoms with Gasteiger partial charge in [-0.2, -0.15) is 5.26 Å². The summed E-state index contributed by atoms with van der Waals surface area (Å²) >= 11 is 5.90. The van der Waals surface area contributed by atoms with Crippen LogP contribution in [0.5, 0.6) is 0 Å². The lowest BCUT2D eigenvalue weighted by Crippen LogP contribution is -2.11. The van der Waals surface area contributed by atoms with E-state index >= 15 is 0 Å². The number of rotatable bonds is 5. The van der Waals surface area contributed by atoms with E-state index in [1.165, 1.54) is 12.8 Å². The zero-order valence-corrected chi connectivity index (χ0v) is 10.5. The van der Waals surface area contributed by atoms with E-state index in [1.807, 2.05) is 0 Å². The highest BCUT2D eigenvalue weighted by molar-refractivity contribution is 6.30. The second-order valence-electron chi connectivity index (χ2n) is 4.08. The summed E-state index contributed by atoms with van der Waals surface area (Å²) in [6.07, 6.45) is 2.37. The molecular weight excluding hydrogens is 220 g/mol. The van der Waals surface area contributed by atoms with Gasteiger partial charge in [0.15, 0.2) is 0 Å². The van der Waals surface area contributed by atoms with Gasteiger partial charge in [0, 0.05) is 11.6 Å². The highest BCUT2D eigenvalue weighted by Gasteiger charge is 2.05. The van der Waals surface area contributed by atoms with Crippen molar-refractivity contribution in [1.82, 2.24) is 0 Å². The Morgan fingerprint density at radius 2 is 2.25 bits per heavy atom. The normalized spacial score (nSPS) is 11.9. The van der Waals surface area contributed by atoms with Crippen LogP contribution in [0.1, 0.15) is 32.3 Å². The van der Waals surface area contributed by atoms with E-state index in [1.54, 1.807) is 18.2 Å². The average Bonchev–Trinajstić information content (AvgIpc) is 2.27. The van der Waals surface area contributed by atoms with Crippen molar-refractivity contribution in [3.8, 4) is 6.07 Å². The molecule has 1 aromatic carbocycles. The standard InChI is InChI=1S/C13H17ClN2/c1-3-4-10(2)9-16-13-7-12(14)6-5-11(13)8-15/h5-7,10,16H,3-4,9H2,1-2H3. The highest BCUT2D eigenvalue weighted by Crippen LogP contribution is 2.21. The molecule has 0 amide bonds. The number of nitriles is 1. The van der Waals surface area contributed by atoms with Crippen molar-refractivity contribution in [2.75, 3.05) is 11.9 Å². The summed E-state index contributed by atoms with van der Waals surface area (Å²) in [5, 5.41) is 12.9. The summed E-state index contributed by atoms with van der Waals surface area (Å²) in [5.74, 6) is 0.607.